The van der Waals surface area contributed by atoms with Crippen molar-refractivity contribution in [2.24, 2.45) is 5.92 Å². The molecule has 1 aliphatic rings. The molecular formula is C14H20O2Si. The lowest BCUT2D eigenvalue weighted by atomic mass is 10.1. The molecule has 1 aromatic rings. The highest BCUT2D eigenvalue weighted by atomic mass is 28.4. The SMILES string of the molecule is C[Si](C)(O[C@H]1CCC[C@@H]1C=O)c1ccccc1. The zero-order valence-electron chi connectivity index (χ0n) is 10.6. The minimum atomic E-state index is -1.86. The Kier molecular flexibility index (Phi) is 3.79. The van der Waals surface area contributed by atoms with Gasteiger partial charge in [-0.2, -0.15) is 0 Å². The smallest absolute Gasteiger partial charge is 0.218 e. The lowest BCUT2D eigenvalue weighted by molar-refractivity contribution is -0.112. The van der Waals surface area contributed by atoms with Crippen LogP contribution in [0.2, 0.25) is 13.1 Å². The summed E-state index contributed by atoms with van der Waals surface area (Å²) in [6.07, 6.45) is 4.37. The zero-order valence-corrected chi connectivity index (χ0v) is 11.6. The number of carbonyl (C=O) groups is 1. The average Bonchev–Trinajstić information content (AvgIpc) is 2.77. The van der Waals surface area contributed by atoms with Gasteiger partial charge in [-0.1, -0.05) is 36.8 Å². The van der Waals surface area contributed by atoms with Crippen LogP contribution < -0.4 is 5.19 Å². The Labute approximate surface area is 104 Å². The molecule has 0 aliphatic heterocycles. The molecular weight excluding hydrogens is 228 g/mol. The fourth-order valence-corrected chi connectivity index (χ4v) is 4.72. The van der Waals surface area contributed by atoms with Crippen LogP contribution in [0.25, 0.3) is 0 Å². The lowest BCUT2D eigenvalue weighted by Crippen LogP contribution is -2.48. The predicted octanol–water partition coefficient (Wildman–Crippen LogP) is 2.48. The van der Waals surface area contributed by atoms with E-state index in [0.29, 0.717) is 0 Å². The highest BCUT2D eigenvalue weighted by Crippen LogP contribution is 2.29. The predicted molar refractivity (Wildman–Crippen MR) is 71.8 cm³/mol. The third kappa shape index (κ3) is 2.85. The Morgan fingerprint density at radius 3 is 2.59 bits per heavy atom. The Morgan fingerprint density at radius 2 is 1.94 bits per heavy atom. The molecule has 0 radical (unpaired) electrons. The third-order valence-corrected chi connectivity index (χ3v) is 6.21. The first-order valence-corrected chi connectivity index (χ1v) is 9.23. The van der Waals surface area contributed by atoms with E-state index in [2.05, 4.69) is 37.4 Å². The van der Waals surface area contributed by atoms with E-state index >= 15 is 0 Å². The van der Waals surface area contributed by atoms with Crippen molar-refractivity contribution in [3.8, 4) is 0 Å². The van der Waals surface area contributed by atoms with Crippen molar-refractivity contribution in [3.05, 3.63) is 30.3 Å². The van der Waals surface area contributed by atoms with E-state index in [4.69, 9.17) is 4.43 Å². The van der Waals surface area contributed by atoms with Crippen LogP contribution >= 0.6 is 0 Å². The number of hydrogen-bond donors (Lipinski definition) is 0. The largest absolute Gasteiger partial charge is 0.409 e. The fraction of sp³-hybridized carbons (Fsp3) is 0.500. The normalized spacial score (nSPS) is 24.8. The van der Waals surface area contributed by atoms with Gasteiger partial charge in [-0.15, -0.1) is 0 Å². The van der Waals surface area contributed by atoms with Crippen molar-refractivity contribution in [1.82, 2.24) is 0 Å². The van der Waals surface area contributed by atoms with Crippen LogP contribution in [0.15, 0.2) is 30.3 Å². The number of aldehydes is 1. The van der Waals surface area contributed by atoms with Gasteiger partial charge in [0.15, 0.2) is 0 Å². The lowest BCUT2D eigenvalue weighted by Gasteiger charge is -2.29. The summed E-state index contributed by atoms with van der Waals surface area (Å²) in [6, 6.07) is 10.4. The van der Waals surface area contributed by atoms with E-state index in [1.807, 2.05) is 6.07 Å². The molecule has 0 amide bonds. The first kappa shape index (κ1) is 12.5. The van der Waals surface area contributed by atoms with Gasteiger partial charge >= 0.3 is 0 Å². The number of hydrogen-bond acceptors (Lipinski definition) is 2. The second kappa shape index (κ2) is 5.15. The highest BCUT2D eigenvalue weighted by molar-refractivity contribution is 6.84. The van der Waals surface area contributed by atoms with Crippen LogP contribution in [0.4, 0.5) is 0 Å². The van der Waals surface area contributed by atoms with Crippen LogP contribution in [0, 0.1) is 5.92 Å². The summed E-state index contributed by atoms with van der Waals surface area (Å²) in [5.41, 5.74) is 0. The van der Waals surface area contributed by atoms with Crippen LogP contribution in [0.3, 0.4) is 0 Å². The summed E-state index contributed by atoms with van der Waals surface area (Å²) >= 11 is 0. The third-order valence-electron chi connectivity index (χ3n) is 3.59. The second-order valence-electron chi connectivity index (χ2n) is 5.26. The van der Waals surface area contributed by atoms with E-state index in [9.17, 15) is 4.79 Å². The van der Waals surface area contributed by atoms with Crippen molar-refractivity contribution in [2.75, 3.05) is 0 Å². The summed E-state index contributed by atoms with van der Waals surface area (Å²) < 4.78 is 6.30. The number of benzene rings is 1. The summed E-state index contributed by atoms with van der Waals surface area (Å²) in [7, 11) is -1.86. The molecule has 17 heavy (non-hydrogen) atoms. The average molecular weight is 248 g/mol. The van der Waals surface area contributed by atoms with Gasteiger partial charge in [0.05, 0.1) is 6.10 Å². The van der Waals surface area contributed by atoms with Crippen molar-refractivity contribution >= 4 is 19.8 Å². The van der Waals surface area contributed by atoms with Crippen molar-refractivity contribution in [2.45, 2.75) is 38.5 Å². The van der Waals surface area contributed by atoms with E-state index < -0.39 is 8.32 Å². The molecule has 1 aromatic carbocycles. The molecule has 2 nitrogen and oxygen atoms in total. The Hall–Kier alpha value is -0.933. The molecule has 1 aliphatic carbocycles. The van der Waals surface area contributed by atoms with Crippen molar-refractivity contribution in [1.29, 1.82) is 0 Å². The molecule has 2 rings (SSSR count). The van der Waals surface area contributed by atoms with Gasteiger partial charge in [0, 0.05) is 5.92 Å². The molecule has 2 atom stereocenters. The summed E-state index contributed by atoms with van der Waals surface area (Å²) in [4.78, 5) is 11.0. The Morgan fingerprint density at radius 1 is 1.24 bits per heavy atom. The molecule has 0 aromatic heterocycles. The maximum atomic E-state index is 11.0. The zero-order chi connectivity index (χ0) is 12.3. The Balaban J connectivity index is 2.09. The van der Waals surface area contributed by atoms with E-state index in [1.54, 1.807) is 0 Å². The second-order valence-corrected chi connectivity index (χ2v) is 9.10. The molecule has 0 N–H and O–H groups in total. The summed E-state index contributed by atoms with van der Waals surface area (Å²) in [6.45, 7) is 4.42. The monoisotopic (exact) mass is 248 g/mol. The highest BCUT2D eigenvalue weighted by Gasteiger charge is 2.35. The first-order chi connectivity index (χ1) is 8.13. The first-order valence-electron chi connectivity index (χ1n) is 6.32. The Bertz CT molecular complexity index is 375. The molecule has 1 fully saturated rings. The van der Waals surface area contributed by atoms with E-state index in [1.165, 1.54) is 5.19 Å². The van der Waals surface area contributed by atoms with Crippen LogP contribution in [-0.2, 0) is 9.22 Å². The van der Waals surface area contributed by atoms with Crippen molar-refractivity contribution in [3.63, 3.8) is 0 Å². The van der Waals surface area contributed by atoms with Crippen LogP contribution in [-0.4, -0.2) is 20.7 Å². The van der Waals surface area contributed by atoms with Gasteiger partial charge in [0.25, 0.3) is 0 Å². The van der Waals surface area contributed by atoms with Gasteiger partial charge in [0.1, 0.15) is 6.29 Å². The van der Waals surface area contributed by atoms with Crippen LogP contribution in [0.1, 0.15) is 19.3 Å². The summed E-state index contributed by atoms with van der Waals surface area (Å²) in [5, 5.41) is 1.30. The van der Waals surface area contributed by atoms with Gasteiger partial charge in [-0.25, -0.2) is 0 Å². The van der Waals surface area contributed by atoms with E-state index in [-0.39, 0.29) is 12.0 Å². The number of carbonyl (C=O) groups excluding carboxylic acids is 1. The summed E-state index contributed by atoms with van der Waals surface area (Å²) in [5.74, 6) is 0.116. The molecule has 0 spiro atoms. The van der Waals surface area contributed by atoms with E-state index in [0.717, 1.165) is 25.5 Å². The van der Waals surface area contributed by atoms with Gasteiger partial charge < -0.3 is 9.22 Å². The minimum Gasteiger partial charge on any atom is -0.409 e. The standard InChI is InChI=1S/C14H20O2Si/c1-17(2,13-8-4-3-5-9-13)16-14-10-6-7-12(14)11-15/h3-5,8-9,11-12,14H,6-7,10H2,1-2H3/t12-,14+/m1/s1. The molecule has 0 unspecified atom stereocenters. The van der Waals surface area contributed by atoms with Gasteiger partial charge in [-0.3, -0.25) is 0 Å². The maximum Gasteiger partial charge on any atom is 0.218 e. The fourth-order valence-electron chi connectivity index (χ4n) is 2.54. The topological polar surface area (TPSA) is 26.3 Å². The molecule has 92 valence electrons. The van der Waals surface area contributed by atoms with Crippen molar-refractivity contribution < 1.29 is 9.22 Å². The minimum absolute atomic E-state index is 0.116. The molecule has 1 saturated carbocycles. The maximum absolute atomic E-state index is 11.0. The number of rotatable bonds is 4. The van der Waals surface area contributed by atoms with Crippen LogP contribution in [0.5, 0.6) is 0 Å². The van der Waals surface area contributed by atoms with Gasteiger partial charge in [0.2, 0.25) is 8.32 Å². The molecule has 3 heteroatoms. The molecule has 0 bridgehead atoms. The molecule has 0 saturated heterocycles. The quantitative estimate of drug-likeness (QED) is 0.604. The molecule has 0 heterocycles. The van der Waals surface area contributed by atoms with Gasteiger partial charge in [-0.05, 0) is 31.1 Å².